The van der Waals surface area contributed by atoms with E-state index in [0.717, 1.165) is 42.5 Å². The molecule has 5 heteroatoms. The largest absolute Gasteiger partial charge is 0.388 e. The average Bonchev–Trinajstić information content (AvgIpc) is 2.86. The van der Waals surface area contributed by atoms with E-state index in [1.807, 2.05) is 12.1 Å². The minimum atomic E-state index is -0.507. The molecule has 0 saturated carbocycles. The van der Waals surface area contributed by atoms with Gasteiger partial charge in [0.2, 0.25) is 0 Å². The molecule has 2 heterocycles. The van der Waals surface area contributed by atoms with E-state index in [2.05, 4.69) is 10.2 Å². The van der Waals surface area contributed by atoms with Crippen LogP contribution in [0.1, 0.15) is 24.5 Å². The van der Waals surface area contributed by atoms with Gasteiger partial charge in [-0.05, 0) is 36.5 Å². The van der Waals surface area contributed by atoms with Crippen molar-refractivity contribution in [2.75, 3.05) is 13.2 Å². The van der Waals surface area contributed by atoms with Crippen LogP contribution in [0.15, 0.2) is 18.3 Å². The molecule has 1 aliphatic heterocycles. The van der Waals surface area contributed by atoms with Crippen LogP contribution in [0, 0.1) is 5.92 Å². The number of aliphatic hydroxyl groups is 1. The third kappa shape index (κ3) is 2.11. The van der Waals surface area contributed by atoms with Crippen LogP contribution in [0.3, 0.4) is 0 Å². The molecule has 96 valence electrons. The van der Waals surface area contributed by atoms with Crippen LogP contribution in [0.5, 0.6) is 0 Å². The van der Waals surface area contributed by atoms with Gasteiger partial charge in [0.15, 0.2) is 0 Å². The lowest BCUT2D eigenvalue weighted by atomic mass is 9.88. The highest BCUT2D eigenvalue weighted by Gasteiger charge is 2.25. The summed E-state index contributed by atoms with van der Waals surface area (Å²) in [4.78, 5) is 0. The lowest BCUT2D eigenvalue weighted by Gasteiger charge is -2.27. The van der Waals surface area contributed by atoms with Gasteiger partial charge in [-0.15, -0.1) is 0 Å². The first-order chi connectivity index (χ1) is 8.75. The van der Waals surface area contributed by atoms with Gasteiger partial charge < -0.3 is 9.84 Å². The normalized spacial score (nSPS) is 19.2. The SMILES string of the molecule is OC(c1cc(Cl)cc2[nH]ncc12)C1CCOCC1. The molecular formula is C13H15ClN2O2. The van der Waals surface area contributed by atoms with Crippen molar-refractivity contribution in [1.29, 1.82) is 0 Å². The second kappa shape index (κ2) is 4.88. The summed E-state index contributed by atoms with van der Waals surface area (Å²) in [6.07, 6.45) is 3.00. The molecule has 4 nitrogen and oxygen atoms in total. The van der Waals surface area contributed by atoms with Gasteiger partial charge in [-0.2, -0.15) is 5.10 Å². The Morgan fingerprint density at radius 3 is 2.94 bits per heavy atom. The number of ether oxygens (including phenoxy) is 1. The predicted molar refractivity (Wildman–Crippen MR) is 69.6 cm³/mol. The highest BCUT2D eigenvalue weighted by Crippen LogP contribution is 2.35. The molecule has 0 spiro atoms. The van der Waals surface area contributed by atoms with Gasteiger partial charge in [0.1, 0.15) is 0 Å². The van der Waals surface area contributed by atoms with Gasteiger partial charge in [0.25, 0.3) is 0 Å². The molecule has 1 aromatic carbocycles. The van der Waals surface area contributed by atoms with Crippen molar-refractivity contribution in [3.63, 3.8) is 0 Å². The number of rotatable bonds is 2. The second-order valence-electron chi connectivity index (χ2n) is 4.72. The van der Waals surface area contributed by atoms with E-state index >= 15 is 0 Å². The van der Waals surface area contributed by atoms with E-state index in [0.29, 0.717) is 5.02 Å². The number of H-pyrrole nitrogens is 1. The first-order valence-corrected chi connectivity index (χ1v) is 6.52. The van der Waals surface area contributed by atoms with Crippen LogP contribution < -0.4 is 0 Å². The first-order valence-electron chi connectivity index (χ1n) is 6.14. The zero-order chi connectivity index (χ0) is 12.5. The number of halogens is 1. The number of aromatic nitrogens is 2. The standard InChI is InChI=1S/C13H15ClN2O2/c14-9-5-10(11-7-15-16-12(11)6-9)13(17)8-1-3-18-4-2-8/h5-8,13,17H,1-4H2,(H,15,16). The Bertz CT molecular complexity index is 549. The smallest absolute Gasteiger partial charge is 0.0827 e. The molecule has 0 bridgehead atoms. The maximum Gasteiger partial charge on any atom is 0.0827 e. The summed E-state index contributed by atoms with van der Waals surface area (Å²) in [5.41, 5.74) is 1.72. The Balaban J connectivity index is 1.99. The number of fused-ring (bicyclic) bond motifs is 1. The Morgan fingerprint density at radius 1 is 1.39 bits per heavy atom. The summed E-state index contributed by atoms with van der Waals surface area (Å²) >= 11 is 6.08. The average molecular weight is 267 g/mol. The van der Waals surface area contributed by atoms with Gasteiger partial charge in [-0.25, -0.2) is 0 Å². The highest BCUT2D eigenvalue weighted by molar-refractivity contribution is 6.31. The third-order valence-corrected chi connectivity index (χ3v) is 3.80. The molecule has 2 N–H and O–H groups in total. The fourth-order valence-electron chi connectivity index (χ4n) is 2.57. The molecule has 0 aliphatic carbocycles. The van der Waals surface area contributed by atoms with Crippen molar-refractivity contribution >= 4 is 22.5 Å². The maximum absolute atomic E-state index is 10.5. The van der Waals surface area contributed by atoms with Crippen LogP contribution in [0.25, 0.3) is 10.9 Å². The number of hydrogen-bond acceptors (Lipinski definition) is 3. The summed E-state index contributed by atoms with van der Waals surface area (Å²) < 4.78 is 5.33. The number of nitrogens with zero attached hydrogens (tertiary/aromatic N) is 1. The summed E-state index contributed by atoms with van der Waals surface area (Å²) in [5.74, 6) is 0.232. The maximum atomic E-state index is 10.5. The molecule has 2 aromatic rings. The Hall–Kier alpha value is -1.10. The molecule has 18 heavy (non-hydrogen) atoms. The molecule has 1 unspecified atom stereocenters. The first kappa shape index (κ1) is 12.0. The molecule has 0 amide bonds. The number of aromatic amines is 1. The van der Waals surface area contributed by atoms with Crippen molar-refractivity contribution < 1.29 is 9.84 Å². The van der Waals surface area contributed by atoms with Gasteiger partial charge in [-0.3, -0.25) is 5.10 Å². The van der Waals surface area contributed by atoms with E-state index in [1.54, 1.807) is 6.20 Å². The summed E-state index contributed by atoms with van der Waals surface area (Å²) in [5, 5.41) is 19.0. The van der Waals surface area contributed by atoms with Crippen molar-refractivity contribution in [3.05, 3.63) is 28.9 Å². The molecule has 1 atom stereocenters. The fourth-order valence-corrected chi connectivity index (χ4v) is 2.80. The van der Waals surface area contributed by atoms with Gasteiger partial charge in [0.05, 0.1) is 17.8 Å². The number of nitrogens with one attached hydrogen (secondary N) is 1. The van der Waals surface area contributed by atoms with Crippen LogP contribution in [0.2, 0.25) is 5.02 Å². The lowest BCUT2D eigenvalue weighted by molar-refractivity contribution is 0.00773. The third-order valence-electron chi connectivity index (χ3n) is 3.59. The lowest BCUT2D eigenvalue weighted by Crippen LogP contribution is -2.22. The molecule has 1 saturated heterocycles. The van der Waals surface area contributed by atoms with Crippen LogP contribution in [0.4, 0.5) is 0 Å². The minimum absolute atomic E-state index is 0.232. The summed E-state index contributed by atoms with van der Waals surface area (Å²) in [6, 6.07) is 3.66. The van der Waals surface area contributed by atoms with E-state index in [-0.39, 0.29) is 5.92 Å². The predicted octanol–water partition coefficient (Wildman–Crippen LogP) is 2.68. The van der Waals surface area contributed by atoms with Gasteiger partial charge in [0, 0.05) is 23.6 Å². The number of benzene rings is 1. The van der Waals surface area contributed by atoms with E-state index in [9.17, 15) is 5.11 Å². The van der Waals surface area contributed by atoms with E-state index in [1.165, 1.54) is 0 Å². The van der Waals surface area contributed by atoms with Crippen molar-refractivity contribution in [2.45, 2.75) is 18.9 Å². The molecule has 1 aromatic heterocycles. The summed E-state index contributed by atoms with van der Waals surface area (Å²) in [7, 11) is 0. The monoisotopic (exact) mass is 266 g/mol. The summed E-state index contributed by atoms with van der Waals surface area (Å²) in [6.45, 7) is 1.44. The zero-order valence-electron chi connectivity index (χ0n) is 9.90. The Labute approximate surface area is 110 Å². The van der Waals surface area contributed by atoms with Gasteiger partial charge >= 0.3 is 0 Å². The number of hydrogen-bond donors (Lipinski definition) is 2. The van der Waals surface area contributed by atoms with Crippen LogP contribution >= 0.6 is 11.6 Å². The minimum Gasteiger partial charge on any atom is -0.388 e. The molecule has 1 aliphatic rings. The van der Waals surface area contributed by atoms with Crippen molar-refractivity contribution in [1.82, 2.24) is 10.2 Å². The van der Waals surface area contributed by atoms with E-state index in [4.69, 9.17) is 16.3 Å². The van der Waals surface area contributed by atoms with Crippen molar-refractivity contribution in [2.24, 2.45) is 5.92 Å². The van der Waals surface area contributed by atoms with E-state index < -0.39 is 6.10 Å². The number of aliphatic hydroxyl groups excluding tert-OH is 1. The molecular weight excluding hydrogens is 252 g/mol. The molecule has 3 rings (SSSR count). The highest BCUT2D eigenvalue weighted by atomic mass is 35.5. The zero-order valence-corrected chi connectivity index (χ0v) is 10.7. The quantitative estimate of drug-likeness (QED) is 0.879. The van der Waals surface area contributed by atoms with Crippen LogP contribution in [-0.2, 0) is 4.74 Å². The van der Waals surface area contributed by atoms with Gasteiger partial charge in [-0.1, -0.05) is 11.6 Å². The van der Waals surface area contributed by atoms with Crippen molar-refractivity contribution in [3.8, 4) is 0 Å². The van der Waals surface area contributed by atoms with Crippen LogP contribution in [-0.4, -0.2) is 28.5 Å². The second-order valence-corrected chi connectivity index (χ2v) is 5.16. The topological polar surface area (TPSA) is 58.1 Å². The molecule has 0 radical (unpaired) electrons. The fraction of sp³-hybridized carbons (Fsp3) is 0.462. The molecule has 1 fully saturated rings. The Morgan fingerprint density at radius 2 is 2.17 bits per heavy atom. The Kier molecular flexibility index (Phi) is 3.24.